The van der Waals surface area contributed by atoms with Gasteiger partial charge >= 0.3 is 0 Å². The number of aliphatic hydroxyl groups is 1. The molecule has 0 aromatic carbocycles. The Kier molecular flexibility index (Phi) is 9.48. The lowest BCUT2D eigenvalue weighted by Crippen LogP contribution is -2.08. The summed E-state index contributed by atoms with van der Waals surface area (Å²) in [6.07, 6.45) is 7.33. The Bertz CT molecular complexity index is 162. The zero-order valence-electron chi connectivity index (χ0n) is 9.65. The Hall–Kier alpha value is -0.640. The van der Waals surface area contributed by atoms with E-state index in [-0.39, 0.29) is 17.6 Å². The molecule has 0 bridgehead atoms. The Balaban J connectivity index is 3.18. The smallest absolute Gasteiger partial charge is 0.203 e. The summed E-state index contributed by atoms with van der Waals surface area (Å²) in [6, 6.07) is 0. The average molecular weight is 217 g/mol. The Morgan fingerprint density at radius 3 is 2.27 bits per heavy atom. The zero-order valence-corrected chi connectivity index (χ0v) is 9.65. The Morgan fingerprint density at radius 2 is 1.73 bits per heavy atom. The topological polar surface area (TPSA) is 63.4 Å². The van der Waals surface area contributed by atoms with Crippen molar-refractivity contribution >= 4 is 0 Å². The van der Waals surface area contributed by atoms with Crippen molar-refractivity contribution in [2.75, 3.05) is 6.54 Å². The van der Waals surface area contributed by atoms with E-state index in [2.05, 4.69) is 6.92 Å². The minimum absolute atomic E-state index is 0.0303. The molecule has 0 aromatic heterocycles. The first-order valence-electron chi connectivity index (χ1n) is 5.96. The molecular formula is C11H23NO3. The molecule has 0 aliphatic rings. The van der Waals surface area contributed by atoms with Gasteiger partial charge in [0.2, 0.25) is 6.54 Å². The largest absolute Gasteiger partial charge is 0.393 e. The maximum absolute atomic E-state index is 10.0. The van der Waals surface area contributed by atoms with Gasteiger partial charge in [0.25, 0.3) is 0 Å². The number of nitro groups is 1. The number of unbranched alkanes of at least 4 members (excludes halogenated alkanes) is 4. The Labute approximate surface area is 91.8 Å². The second-order valence-corrected chi connectivity index (χ2v) is 4.06. The van der Waals surface area contributed by atoms with Crippen molar-refractivity contribution < 1.29 is 10.0 Å². The lowest BCUT2D eigenvalue weighted by Gasteiger charge is -2.08. The molecule has 1 atom stereocenters. The molecule has 15 heavy (non-hydrogen) atoms. The van der Waals surface area contributed by atoms with Crippen molar-refractivity contribution in [2.24, 2.45) is 0 Å². The summed E-state index contributed by atoms with van der Waals surface area (Å²) in [5.74, 6) is 0. The third-order valence-electron chi connectivity index (χ3n) is 2.52. The van der Waals surface area contributed by atoms with Crippen molar-refractivity contribution in [2.45, 2.75) is 64.4 Å². The first-order valence-corrected chi connectivity index (χ1v) is 5.96. The summed E-state index contributed by atoms with van der Waals surface area (Å²) >= 11 is 0. The lowest BCUT2D eigenvalue weighted by atomic mass is 10.0. The molecule has 1 N–H and O–H groups in total. The van der Waals surface area contributed by atoms with E-state index in [4.69, 9.17) is 0 Å². The molecule has 4 heteroatoms. The summed E-state index contributed by atoms with van der Waals surface area (Å²) in [7, 11) is 0. The molecule has 4 nitrogen and oxygen atoms in total. The van der Waals surface area contributed by atoms with E-state index in [1.807, 2.05) is 0 Å². The van der Waals surface area contributed by atoms with Crippen LogP contribution in [0.1, 0.15) is 58.3 Å². The van der Waals surface area contributed by atoms with Gasteiger partial charge in [0.1, 0.15) is 0 Å². The number of rotatable bonds is 10. The zero-order chi connectivity index (χ0) is 11.5. The lowest BCUT2D eigenvalue weighted by molar-refractivity contribution is -0.480. The van der Waals surface area contributed by atoms with Gasteiger partial charge in [0.15, 0.2) is 0 Å². The standard InChI is InChI=1S/C11H23NO3/c1-2-3-4-5-8-11(13)9-6-7-10-12(14)15/h11,13H,2-10H2,1H3. The van der Waals surface area contributed by atoms with Crippen molar-refractivity contribution in [3.63, 3.8) is 0 Å². The maximum Gasteiger partial charge on any atom is 0.203 e. The van der Waals surface area contributed by atoms with Crippen LogP contribution in [0.3, 0.4) is 0 Å². The molecule has 0 spiro atoms. The number of hydrogen-bond donors (Lipinski definition) is 1. The molecule has 90 valence electrons. The van der Waals surface area contributed by atoms with Crippen molar-refractivity contribution in [3.8, 4) is 0 Å². The van der Waals surface area contributed by atoms with Gasteiger partial charge in [0, 0.05) is 11.3 Å². The highest BCUT2D eigenvalue weighted by molar-refractivity contribution is 4.56. The highest BCUT2D eigenvalue weighted by atomic mass is 16.6. The summed E-state index contributed by atoms with van der Waals surface area (Å²) < 4.78 is 0. The van der Waals surface area contributed by atoms with Crippen LogP contribution in [0.2, 0.25) is 0 Å². The van der Waals surface area contributed by atoms with Gasteiger partial charge in [-0.25, -0.2) is 0 Å². The number of nitrogens with zero attached hydrogens (tertiary/aromatic N) is 1. The summed E-state index contributed by atoms with van der Waals surface area (Å²) in [6.45, 7) is 2.19. The van der Waals surface area contributed by atoms with E-state index in [1.54, 1.807) is 0 Å². The first-order chi connectivity index (χ1) is 7.16. The van der Waals surface area contributed by atoms with Gasteiger partial charge in [0.05, 0.1) is 6.10 Å². The minimum atomic E-state index is -0.298. The molecule has 1 unspecified atom stereocenters. The molecule has 0 saturated heterocycles. The van der Waals surface area contributed by atoms with Crippen LogP contribution >= 0.6 is 0 Å². The molecule has 0 fully saturated rings. The second kappa shape index (κ2) is 9.90. The van der Waals surface area contributed by atoms with E-state index in [0.29, 0.717) is 12.8 Å². The van der Waals surface area contributed by atoms with Crippen LogP contribution < -0.4 is 0 Å². The molecule has 0 amide bonds. The average Bonchev–Trinajstić information content (AvgIpc) is 2.19. The fourth-order valence-electron chi connectivity index (χ4n) is 1.57. The van der Waals surface area contributed by atoms with E-state index < -0.39 is 0 Å². The predicted molar refractivity (Wildman–Crippen MR) is 60.5 cm³/mol. The van der Waals surface area contributed by atoms with E-state index in [1.165, 1.54) is 19.3 Å². The van der Waals surface area contributed by atoms with Crippen molar-refractivity contribution in [1.29, 1.82) is 0 Å². The van der Waals surface area contributed by atoms with Crippen LogP contribution in [-0.2, 0) is 0 Å². The number of hydrogen-bond acceptors (Lipinski definition) is 3. The number of aliphatic hydroxyl groups excluding tert-OH is 1. The van der Waals surface area contributed by atoms with Gasteiger partial charge in [-0.15, -0.1) is 0 Å². The molecule has 0 heterocycles. The van der Waals surface area contributed by atoms with Crippen LogP contribution in [-0.4, -0.2) is 22.7 Å². The molecule has 0 aliphatic carbocycles. The minimum Gasteiger partial charge on any atom is -0.393 e. The highest BCUT2D eigenvalue weighted by Gasteiger charge is 2.04. The van der Waals surface area contributed by atoms with Gasteiger partial charge in [-0.2, -0.15) is 0 Å². The van der Waals surface area contributed by atoms with E-state index in [9.17, 15) is 15.2 Å². The molecular weight excluding hydrogens is 194 g/mol. The normalized spacial score (nSPS) is 12.7. The molecule has 0 aliphatic heterocycles. The van der Waals surface area contributed by atoms with Crippen molar-refractivity contribution in [1.82, 2.24) is 0 Å². The quantitative estimate of drug-likeness (QED) is 0.347. The van der Waals surface area contributed by atoms with Crippen LogP contribution in [0.15, 0.2) is 0 Å². The molecule has 0 saturated carbocycles. The van der Waals surface area contributed by atoms with Crippen molar-refractivity contribution in [3.05, 3.63) is 10.1 Å². The van der Waals surface area contributed by atoms with Crippen LogP contribution in [0.4, 0.5) is 0 Å². The van der Waals surface area contributed by atoms with Gasteiger partial charge in [-0.3, -0.25) is 10.1 Å². The van der Waals surface area contributed by atoms with Gasteiger partial charge < -0.3 is 5.11 Å². The van der Waals surface area contributed by atoms with Gasteiger partial charge in [-0.05, 0) is 19.3 Å². The highest BCUT2D eigenvalue weighted by Crippen LogP contribution is 2.10. The summed E-state index contributed by atoms with van der Waals surface area (Å²) in [5, 5.41) is 19.6. The summed E-state index contributed by atoms with van der Waals surface area (Å²) in [5.41, 5.74) is 0. The Morgan fingerprint density at radius 1 is 1.13 bits per heavy atom. The fourth-order valence-corrected chi connectivity index (χ4v) is 1.57. The third kappa shape index (κ3) is 11.3. The monoisotopic (exact) mass is 217 g/mol. The molecule has 0 aromatic rings. The van der Waals surface area contributed by atoms with E-state index >= 15 is 0 Å². The first kappa shape index (κ1) is 14.4. The molecule has 0 rings (SSSR count). The summed E-state index contributed by atoms with van der Waals surface area (Å²) in [4.78, 5) is 9.73. The van der Waals surface area contributed by atoms with Crippen LogP contribution in [0, 0.1) is 10.1 Å². The predicted octanol–water partition coefficient (Wildman–Crippen LogP) is 2.76. The van der Waals surface area contributed by atoms with Gasteiger partial charge in [-0.1, -0.05) is 32.6 Å². The van der Waals surface area contributed by atoms with Crippen LogP contribution in [0.5, 0.6) is 0 Å². The maximum atomic E-state index is 10.0. The van der Waals surface area contributed by atoms with E-state index in [0.717, 1.165) is 19.3 Å². The SMILES string of the molecule is CCCCCCC(O)CCCC[N+](=O)[O-]. The second-order valence-electron chi connectivity index (χ2n) is 4.06. The third-order valence-corrected chi connectivity index (χ3v) is 2.52. The molecule has 0 radical (unpaired) electrons. The fraction of sp³-hybridized carbons (Fsp3) is 1.00. The van der Waals surface area contributed by atoms with Crippen LogP contribution in [0.25, 0.3) is 0 Å².